The van der Waals surface area contributed by atoms with Gasteiger partial charge in [-0.3, -0.25) is 0 Å². The van der Waals surface area contributed by atoms with Gasteiger partial charge in [0.15, 0.2) is 0 Å². The molecule has 4 fully saturated rings. The number of hydrogen-bond acceptors (Lipinski definition) is 2. The summed E-state index contributed by atoms with van der Waals surface area (Å²) in [7, 11) is 0. The van der Waals surface area contributed by atoms with Gasteiger partial charge in [-0.15, -0.1) is 0 Å². The van der Waals surface area contributed by atoms with E-state index >= 15 is 0 Å². The van der Waals surface area contributed by atoms with Gasteiger partial charge in [0.25, 0.3) is 0 Å². The lowest BCUT2D eigenvalue weighted by atomic mass is 9.44. The monoisotopic (exact) mass is 334 g/mol. The molecule has 0 bridgehead atoms. The van der Waals surface area contributed by atoms with E-state index in [1.807, 2.05) is 0 Å². The van der Waals surface area contributed by atoms with Crippen molar-refractivity contribution in [1.82, 2.24) is 0 Å². The molecule has 0 spiro atoms. The summed E-state index contributed by atoms with van der Waals surface area (Å²) in [6.45, 7) is 9.41. The van der Waals surface area contributed by atoms with Crippen LogP contribution in [-0.2, 0) is 0 Å². The third-order valence-electron chi connectivity index (χ3n) is 9.81. The zero-order valence-corrected chi connectivity index (χ0v) is 16.2. The predicted molar refractivity (Wildman–Crippen MR) is 97.5 cm³/mol. The van der Waals surface area contributed by atoms with Crippen molar-refractivity contribution < 1.29 is 10.2 Å². The highest BCUT2D eigenvalue weighted by Gasteiger charge is 2.65. The van der Waals surface area contributed by atoms with E-state index in [0.717, 1.165) is 37.0 Å². The van der Waals surface area contributed by atoms with Crippen molar-refractivity contribution in [2.45, 2.75) is 97.2 Å². The van der Waals surface area contributed by atoms with Crippen molar-refractivity contribution in [3.8, 4) is 0 Å². The number of hydrogen-bond donors (Lipinski definition) is 2. The van der Waals surface area contributed by atoms with Crippen LogP contribution in [0.25, 0.3) is 0 Å². The Morgan fingerprint density at radius 3 is 2.29 bits per heavy atom. The van der Waals surface area contributed by atoms with Crippen molar-refractivity contribution in [3.63, 3.8) is 0 Å². The van der Waals surface area contributed by atoms with Gasteiger partial charge in [0.2, 0.25) is 0 Å². The highest BCUT2D eigenvalue weighted by atomic mass is 16.3. The summed E-state index contributed by atoms with van der Waals surface area (Å²) < 4.78 is 0. The maximum Gasteiger partial charge on any atom is 0.0726 e. The lowest BCUT2D eigenvalue weighted by molar-refractivity contribution is -0.170. The zero-order valence-electron chi connectivity index (χ0n) is 16.2. The van der Waals surface area contributed by atoms with Gasteiger partial charge in [0, 0.05) is 0 Å². The largest absolute Gasteiger partial charge is 0.393 e. The van der Waals surface area contributed by atoms with E-state index in [1.165, 1.54) is 38.5 Å². The van der Waals surface area contributed by atoms with Crippen molar-refractivity contribution in [3.05, 3.63) is 0 Å². The van der Waals surface area contributed by atoms with Crippen LogP contribution in [0, 0.1) is 40.4 Å². The fourth-order valence-corrected chi connectivity index (χ4v) is 8.23. The van der Waals surface area contributed by atoms with Crippen LogP contribution in [0.1, 0.15) is 85.5 Å². The van der Waals surface area contributed by atoms with E-state index < -0.39 is 5.60 Å². The molecular formula is C22H38O2. The molecule has 0 aromatic rings. The topological polar surface area (TPSA) is 40.5 Å². The van der Waals surface area contributed by atoms with Crippen LogP contribution >= 0.6 is 0 Å². The molecule has 0 radical (unpaired) electrons. The molecule has 2 nitrogen and oxygen atoms in total. The molecule has 4 rings (SSSR count). The Hall–Kier alpha value is -0.0800. The van der Waals surface area contributed by atoms with Crippen LogP contribution < -0.4 is 0 Å². The smallest absolute Gasteiger partial charge is 0.0726 e. The second kappa shape index (κ2) is 5.46. The van der Waals surface area contributed by atoms with Crippen LogP contribution in [0.4, 0.5) is 0 Å². The molecule has 4 aliphatic carbocycles. The Kier molecular flexibility index (Phi) is 3.94. The van der Waals surface area contributed by atoms with Crippen molar-refractivity contribution in [2.75, 3.05) is 0 Å². The molecule has 7 unspecified atom stereocenters. The molecule has 0 heterocycles. The van der Waals surface area contributed by atoms with E-state index in [2.05, 4.69) is 27.7 Å². The minimum Gasteiger partial charge on any atom is -0.393 e. The quantitative estimate of drug-likeness (QED) is 0.724. The molecular weight excluding hydrogens is 296 g/mol. The Bertz CT molecular complexity index is 502. The van der Waals surface area contributed by atoms with E-state index in [1.54, 1.807) is 0 Å². The lowest BCUT2D eigenvalue weighted by Crippen LogP contribution is -2.58. The molecule has 2 N–H and O–H groups in total. The maximum atomic E-state index is 11.5. The first kappa shape index (κ1) is 17.3. The molecule has 138 valence electrons. The van der Waals surface area contributed by atoms with E-state index in [9.17, 15) is 10.2 Å². The Morgan fingerprint density at radius 2 is 1.58 bits per heavy atom. The van der Waals surface area contributed by atoms with Crippen LogP contribution in [-0.4, -0.2) is 21.9 Å². The van der Waals surface area contributed by atoms with Gasteiger partial charge < -0.3 is 10.2 Å². The molecule has 24 heavy (non-hydrogen) atoms. The molecule has 8 atom stereocenters. The summed E-state index contributed by atoms with van der Waals surface area (Å²) in [6.07, 6.45) is 10.6. The third-order valence-corrected chi connectivity index (χ3v) is 9.81. The second-order valence-corrected chi connectivity index (χ2v) is 10.7. The van der Waals surface area contributed by atoms with E-state index in [0.29, 0.717) is 17.3 Å². The number of aliphatic hydroxyl groups is 2. The molecule has 4 saturated carbocycles. The molecule has 0 aliphatic heterocycles. The highest BCUT2D eigenvalue weighted by molar-refractivity contribution is 5.14. The van der Waals surface area contributed by atoms with Crippen LogP contribution in [0.5, 0.6) is 0 Å². The Morgan fingerprint density at radius 1 is 0.875 bits per heavy atom. The van der Waals surface area contributed by atoms with Gasteiger partial charge >= 0.3 is 0 Å². The average molecular weight is 335 g/mol. The first-order valence-corrected chi connectivity index (χ1v) is 10.6. The molecule has 0 aromatic carbocycles. The van der Waals surface area contributed by atoms with Crippen LogP contribution in [0.15, 0.2) is 0 Å². The van der Waals surface area contributed by atoms with Gasteiger partial charge in [-0.2, -0.15) is 0 Å². The first-order valence-electron chi connectivity index (χ1n) is 10.6. The Labute approximate surface area is 148 Å². The maximum absolute atomic E-state index is 11.5. The van der Waals surface area contributed by atoms with Crippen molar-refractivity contribution in [1.29, 1.82) is 0 Å². The minimum atomic E-state index is -0.455. The van der Waals surface area contributed by atoms with Gasteiger partial charge in [-0.25, -0.2) is 0 Å². The van der Waals surface area contributed by atoms with Crippen molar-refractivity contribution in [2.24, 2.45) is 40.4 Å². The molecule has 4 aliphatic rings. The minimum absolute atomic E-state index is 0.0500. The SMILES string of the molecule is CC(C)C1(O)CCC2C3CC[C@H]4CC(O)CCC4(C)C3CCC21C. The molecule has 2 heteroatoms. The van der Waals surface area contributed by atoms with Gasteiger partial charge in [-0.05, 0) is 98.2 Å². The summed E-state index contributed by atoms with van der Waals surface area (Å²) in [6, 6.07) is 0. The average Bonchev–Trinajstić information content (AvgIpc) is 2.81. The fraction of sp³-hybridized carbons (Fsp3) is 1.00. The zero-order chi connectivity index (χ0) is 17.3. The third kappa shape index (κ3) is 2.08. The molecule has 0 saturated heterocycles. The van der Waals surface area contributed by atoms with Gasteiger partial charge in [0.1, 0.15) is 0 Å². The first-order chi connectivity index (χ1) is 11.2. The summed E-state index contributed by atoms with van der Waals surface area (Å²) in [4.78, 5) is 0. The number of rotatable bonds is 1. The number of fused-ring (bicyclic) bond motifs is 5. The van der Waals surface area contributed by atoms with Crippen LogP contribution in [0.2, 0.25) is 0 Å². The molecule has 0 aromatic heterocycles. The summed E-state index contributed by atoms with van der Waals surface area (Å²) in [5, 5.41) is 21.7. The fourth-order valence-electron chi connectivity index (χ4n) is 8.23. The second-order valence-electron chi connectivity index (χ2n) is 10.7. The number of aliphatic hydroxyl groups excluding tert-OH is 1. The molecule has 0 amide bonds. The highest BCUT2D eigenvalue weighted by Crippen LogP contribution is 2.69. The van der Waals surface area contributed by atoms with Gasteiger partial charge in [-0.1, -0.05) is 27.7 Å². The van der Waals surface area contributed by atoms with E-state index in [-0.39, 0.29) is 11.5 Å². The predicted octanol–water partition coefficient (Wildman–Crippen LogP) is 4.78. The Balaban J connectivity index is 1.63. The van der Waals surface area contributed by atoms with Crippen molar-refractivity contribution >= 4 is 0 Å². The summed E-state index contributed by atoms with van der Waals surface area (Å²) >= 11 is 0. The lowest BCUT2D eigenvalue weighted by Gasteiger charge is -2.62. The summed E-state index contributed by atoms with van der Waals surface area (Å²) in [5.74, 6) is 3.45. The standard InChI is InChI=1S/C22H38O2/c1-14(2)22(24)12-9-19-17-6-5-15-13-16(23)7-10-20(15,3)18(17)8-11-21(19,22)4/h14-19,23-24H,5-13H2,1-4H3/t15-,16?,17?,18?,19?,20?,21?,22?/m0/s1. The normalized spacial score (nSPS) is 57.4. The summed E-state index contributed by atoms with van der Waals surface area (Å²) in [5.41, 5.74) is 0.116. The van der Waals surface area contributed by atoms with E-state index in [4.69, 9.17) is 0 Å². The van der Waals surface area contributed by atoms with Gasteiger partial charge in [0.05, 0.1) is 11.7 Å². The van der Waals surface area contributed by atoms with Crippen LogP contribution in [0.3, 0.4) is 0 Å².